The maximum atomic E-state index is 10.5. The largest absolute Gasteiger partial charge is 0.296 e. The van der Waals surface area contributed by atoms with Crippen LogP contribution in [0, 0.1) is 6.92 Å². The molecule has 0 atom stereocenters. The Morgan fingerprint density at radius 1 is 1.64 bits per heavy atom. The molecule has 0 aromatic carbocycles. The molecule has 6 heteroatoms. The zero-order valence-electron chi connectivity index (χ0n) is 5.54. The van der Waals surface area contributed by atoms with Gasteiger partial charge in [-0.05, 0) is 13.0 Å². The minimum atomic E-state index is -4.13. The number of thiophene rings is 1. The van der Waals surface area contributed by atoms with Gasteiger partial charge in [0, 0.05) is 4.88 Å². The van der Waals surface area contributed by atoms with E-state index in [1.54, 1.807) is 6.92 Å². The van der Waals surface area contributed by atoms with E-state index in [4.69, 9.17) is 16.2 Å². The van der Waals surface area contributed by atoms with Gasteiger partial charge in [0.15, 0.2) is 0 Å². The Morgan fingerprint density at radius 3 is 2.36 bits per heavy atom. The summed E-state index contributed by atoms with van der Waals surface area (Å²) in [5.74, 6) is 0. The van der Waals surface area contributed by atoms with Crippen LogP contribution in [-0.2, 0) is 10.1 Å². The lowest BCUT2D eigenvalue weighted by Crippen LogP contribution is -1.95. The van der Waals surface area contributed by atoms with Crippen molar-refractivity contribution in [3.63, 3.8) is 0 Å². The van der Waals surface area contributed by atoms with Crippen LogP contribution in [0.5, 0.6) is 0 Å². The van der Waals surface area contributed by atoms with Gasteiger partial charge in [0.25, 0.3) is 10.1 Å². The fraction of sp³-hybridized carbons (Fsp3) is 0.200. The Morgan fingerprint density at radius 2 is 2.18 bits per heavy atom. The van der Waals surface area contributed by atoms with Crippen LogP contribution in [0.1, 0.15) is 4.88 Å². The van der Waals surface area contributed by atoms with Crippen LogP contribution < -0.4 is 0 Å². The highest BCUT2D eigenvalue weighted by Gasteiger charge is 2.16. The quantitative estimate of drug-likeness (QED) is 0.724. The lowest BCUT2D eigenvalue weighted by Gasteiger charge is -1.89. The van der Waals surface area contributed by atoms with Crippen molar-refractivity contribution in [1.29, 1.82) is 0 Å². The van der Waals surface area contributed by atoms with Crippen LogP contribution in [0.3, 0.4) is 0 Å². The highest BCUT2D eigenvalue weighted by atomic mass is 35.5. The van der Waals surface area contributed by atoms with Gasteiger partial charge in [0.2, 0.25) is 0 Å². The summed E-state index contributed by atoms with van der Waals surface area (Å²) >= 11 is 6.63. The van der Waals surface area contributed by atoms with Gasteiger partial charge in [0.1, 0.15) is 9.23 Å². The summed E-state index contributed by atoms with van der Waals surface area (Å²) in [7, 11) is -4.13. The summed E-state index contributed by atoms with van der Waals surface area (Å²) in [5.41, 5.74) is 0. The molecule has 0 aliphatic heterocycles. The molecular weight excluding hydrogens is 208 g/mol. The molecule has 0 aliphatic carbocycles. The molecule has 1 heterocycles. The van der Waals surface area contributed by atoms with Crippen molar-refractivity contribution in [2.24, 2.45) is 0 Å². The summed E-state index contributed by atoms with van der Waals surface area (Å²) in [6, 6.07) is 1.34. The summed E-state index contributed by atoms with van der Waals surface area (Å²) in [6.07, 6.45) is 0. The molecule has 0 bridgehead atoms. The second-order valence-electron chi connectivity index (χ2n) is 1.97. The molecule has 0 saturated heterocycles. The maximum absolute atomic E-state index is 10.5. The third-order valence-electron chi connectivity index (χ3n) is 1.06. The second kappa shape index (κ2) is 2.75. The average molecular weight is 213 g/mol. The van der Waals surface area contributed by atoms with Crippen molar-refractivity contribution in [2.75, 3.05) is 0 Å². The Labute approximate surface area is 73.4 Å². The lowest BCUT2D eigenvalue weighted by molar-refractivity contribution is 0.483. The molecule has 11 heavy (non-hydrogen) atoms. The molecule has 0 spiro atoms. The molecule has 1 aromatic rings. The Hall–Kier alpha value is -0.100. The number of hydrogen-bond donors (Lipinski definition) is 1. The van der Waals surface area contributed by atoms with E-state index >= 15 is 0 Å². The molecule has 1 N–H and O–H groups in total. The van der Waals surface area contributed by atoms with Gasteiger partial charge in [-0.2, -0.15) is 8.42 Å². The molecule has 62 valence electrons. The smallest absolute Gasteiger partial charge is 0.282 e. The summed E-state index contributed by atoms with van der Waals surface area (Å²) in [4.78, 5) is 0.546. The fourth-order valence-corrected chi connectivity index (χ4v) is 3.01. The Kier molecular flexibility index (Phi) is 2.24. The summed E-state index contributed by atoms with van der Waals surface area (Å²) in [6.45, 7) is 1.71. The number of hydrogen-bond acceptors (Lipinski definition) is 3. The van der Waals surface area contributed by atoms with E-state index < -0.39 is 10.1 Å². The van der Waals surface area contributed by atoms with Gasteiger partial charge in [0.05, 0.1) is 0 Å². The number of halogens is 1. The normalized spacial score (nSPS) is 11.9. The first kappa shape index (κ1) is 8.99. The van der Waals surface area contributed by atoms with Gasteiger partial charge >= 0.3 is 0 Å². The average Bonchev–Trinajstić information content (AvgIpc) is 2.08. The van der Waals surface area contributed by atoms with Crippen molar-refractivity contribution >= 4 is 33.1 Å². The molecule has 1 aromatic heterocycles. The fourth-order valence-electron chi connectivity index (χ4n) is 0.638. The van der Waals surface area contributed by atoms with E-state index in [9.17, 15) is 8.42 Å². The lowest BCUT2D eigenvalue weighted by atomic mass is 10.5. The van der Waals surface area contributed by atoms with Gasteiger partial charge in [-0.15, -0.1) is 11.3 Å². The predicted octanol–water partition coefficient (Wildman–Crippen LogP) is 1.96. The van der Waals surface area contributed by atoms with E-state index in [1.807, 2.05) is 0 Å². The molecule has 0 unspecified atom stereocenters. The van der Waals surface area contributed by atoms with Crippen LogP contribution in [-0.4, -0.2) is 13.0 Å². The zero-order chi connectivity index (χ0) is 8.65. The van der Waals surface area contributed by atoms with Gasteiger partial charge in [-0.25, -0.2) is 0 Å². The van der Waals surface area contributed by atoms with Crippen molar-refractivity contribution in [1.82, 2.24) is 0 Å². The number of rotatable bonds is 1. The van der Waals surface area contributed by atoms with E-state index in [-0.39, 0.29) is 9.23 Å². The third-order valence-corrected chi connectivity index (χ3v) is 3.45. The first-order valence-electron chi connectivity index (χ1n) is 2.64. The van der Waals surface area contributed by atoms with E-state index in [0.717, 1.165) is 16.2 Å². The van der Waals surface area contributed by atoms with Crippen LogP contribution in [0.4, 0.5) is 0 Å². The predicted molar refractivity (Wildman–Crippen MR) is 43.9 cm³/mol. The van der Waals surface area contributed by atoms with E-state index in [1.165, 1.54) is 6.07 Å². The topological polar surface area (TPSA) is 54.4 Å². The van der Waals surface area contributed by atoms with Crippen molar-refractivity contribution in [3.05, 3.63) is 15.3 Å². The minimum Gasteiger partial charge on any atom is -0.282 e. The highest BCUT2D eigenvalue weighted by molar-refractivity contribution is 7.86. The minimum absolute atomic E-state index is 0.102. The molecule has 0 fully saturated rings. The van der Waals surface area contributed by atoms with Crippen molar-refractivity contribution in [3.8, 4) is 0 Å². The third kappa shape index (κ3) is 1.93. The maximum Gasteiger partial charge on any atom is 0.296 e. The van der Waals surface area contributed by atoms with Crippen LogP contribution in [0.15, 0.2) is 11.0 Å². The van der Waals surface area contributed by atoms with Crippen molar-refractivity contribution in [2.45, 2.75) is 11.8 Å². The van der Waals surface area contributed by atoms with E-state index in [2.05, 4.69) is 0 Å². The molecule has 0 saturated carbocycles. The monoisotopic (exact) mass is 212 g/mol. The van der Waals surface area contributed by atoms with E-state index in [0.29, 0.717) is 0 Å². The Bertz CT molecular complexity index is 365. The molecule has 0 amide bonds. The van der Waals surface area contributed by atoms with Crippen LogP contribution in [0.25, 0.3) is 0 Å². The SMILES string of the molecule is Cc1cc(S(=O)(=O)O)c(Cl)s1. The molecule has 1 rings (SSSR count). The first-order chi connectivity index (χ1) is 4.91. The molecule has 0 radical (unpaired) electrons. The first-order valence-corrected chi connectivity index (χ1v) is 5.28. The summed E-state index contributed by atoms with van der Waals surface area (Å²) < 4.78 is 29.8. The summed E-state index contributed by atoms with van der Waals surface area (Å²) in [5, 5.41) is 0. The Balaban J connectivity index is 3.36. The van der Waals surface area contributed by atoms with Gasteiger partial charge < -0.3 is 0 Å². The second-order valence-corrected chi connectivity index (χ2v) is 5.22. The highest BCUT2D eigenvalue weighted by Crippen LogP contribution is 2.30. The number of aryl methyl sites for hydroxylation is 1. The van der Waals surface area contributed by atoms with Gasteiger partial charge in [-0.1, -0.05) is 11.6 Å². The molecule has 0 aliphatic rings. The molecular formula is C5H5ClO3S2. The van der Waals surface area contributed by atoms with Gasteiger partial charge in [-0.3, -0.25) is 4.55 Å². The standard InChI is InChI=1S/C5H5ClO3S2/c1-3-2-4(5(6)10-3)11(7,8)9/h2H,1H3,(H,7,8,9). The zero-order valence-corrected chi connectivity index (χ0v) is 7.92. The van der Waals surface area contributed by atoms with Crippen LogP contribution >= 0.6 is 22.9 Å². The van der Waals surface area contributed by atoms with Crippen LogP contribution in [0.2, 0.25) is 4.34 Å². The van der Waals surface area contributed by atoms with Crippen molar-refractivity contribution < 1.29 is 13.0 Å². The molecule has 3 nitrogen and oxygen atoms in total.